The van der Waals surface area contributed by atoms with Crippen LogP contribution in [-0.4, -0.2) is 23.7 Å². The fourth-order valence-electron chi connectivity index (χ4n) is 1.84. The minimum atomic E-state index is -0.571. The van der Waals surface area contributed by atoms with Crippen LogP contribution >= 0.6 is 23.2 Å². The Kier molecular flexibility index (Phi) is 4.27. The van der Waals surface area contributed by atoms with Crippen molar-refractivity contribution in [3.8, 4) is 0 Å². The van der Waals surface area contributed by atoms with Crippen LogP contribution in [0.3, 0.4) is 0 Å². The van der Waals surface area contributed by atoms with Gasteiger partial charge in [-0.05, 0) is 19.2 Å². The Bertz CT molecular complexity index is 551. The molecule has 1 heterocycles. The Hall–Kier alpha value is -1.03. The molecule has 1 N–H and O–H groups in total. The summed E-state index contributed by atoms with van der Waals surface area (Å²) in [5.74, 6) is -0.0397. The van der Waals surface area contributed by atoms with E-state index in [2.05, 4.69) is 5.32 Å². The lowest BCUT2D eigenvalue weighted by atomic mass is 10.0. The van der Waals surface area contributed by atoms with E-state index in [9.17, 15) is 4.79 Å². The third-order valence-corrected chi connectivity index (χ3v) is 3.18. The summed E-state index contributed by atoms with van der Waals surface area (Å²) in [5.41, 5.74) is 1.29. The van der Waals surface area contributed by atoms with Gasteiger partial charge in [-0.15, -0.1) is 23.2 Å². The van der Waals surface area contributed by atoms with Gasteiger partial charge in [0.05, 0.1) is 12.3 Å². The lowest BCUT2D eigenvalue weighted by Crippen LogP contribution is -2.35. The molecule has 1 aromatic carbocycles. The molecule has 0 fully saturated rings. The Morgan fingerprint density at radius 1 is 1.39 bits per heavy atom. The molecule has 0 bridgehead atoms. The number of fused-ring (bicyclic) bond motifs is 1. The number of hydrogen-bond donors (Lipinski definition) is 1. The van der Waals surface area contributed by atoms with Crippen LogP contribution in [-0.2, 0) is 0 Å². The number of rotatable bonds is 5. The zero-order valence-corrected chi connectivity index (χ0v) is 11.3. The van der Waals surface area contributed by atoms with Crippen LogP contribution in [0.25, 0.3) is 11.0 Å². The quantitative estimate of drug-likeness (QED) is 0.676. The van der Waals surface area contributed by atoms with E-state index >= 15 is 0 Å². The number of hydrogen-bond acceptors (Lipinski definition) is 3. The Balaban J connectivity index is 2.25. The summed E-state index contributed by atoms with van der Waals surface area (Å²) < 4.78 is 5.28. The Labute approximate surface area is 115 Å². The highest BCUT2D eigenvalue weighted by Crippen LogP contribution is 2.19. The first-order chi connectivity index (χ1) is 8.61. The highest BCUT2D eigenvalue weighted by molar-refractivity contribution is 6.44. The van der Waals surface area contributed by atoms with Gasteiger partial charge >= 0.3 is 0 Å². The molecule has 0 amide bonds. The summed E-state index contributed by atoms with van der Waals surface area (Å²) in [6.45, 7) is 0. The fraction of sp³-hybridized carbons (Fsp3) is 0.308. The van der Waals surface area contributed by atoms with Crippen molar-refractivity contribution in [2.75, 3.05) is 7.05 Å². The molecule has 0 aliphatic carbocycles. The smallest absolute Gasteiger partial charge is 0.179 e. The maximum Gasteiger partial charge on any atom is 0.179 e. The molecule has 0 saturated heterocycles. The van der Waals surface area contributed by atoms with E-state index in [4.69, 9.17) is 27.6 Å². The normalized spacial score (nSPS) is 13.1. The van der Waals surface area contributed by atoms with E-state index in [0.717, 1.165) is 5.39 Å². The minimum Gasteiger partial charge on any atom is -0.464 e. The first kappa shape index (κ1) is 13.4. The molecule has 1 unspecified atom stereocenters. The van der Waals surface area contributed by atoms with Gasteiger partial charge in [-0.1, -0.05) is 12.1 Å². The van der Waals surface area contributed by atoms with Crippen molar-refractivity contribution < 1.29 is 9.21 Å². The molecule has 18 heavy (non-hydrogen) atoms. The molecule has 2 rings (SSSR count). The molecule has 5 heteroatoms. The molecule has 0 radical (unpaired) electrons. The van der Waals surface area contributed by atoms with Gasteiger partial charge in [-0.25, -0.2) is 0 Å². The molecule has 3 nitrogen and oxygen atoms in total. The highest BCUT2D eigenvalue weighted by atomic mass is 35.5. The lowest BCUT2D eigenvalue weighted by molar-refractivity contribution is 0.0944. The zero-order chi connectivity index (χ0) is 13.1. The molecule has 1 aromatic heterocycles. The second kappa shape index (κ2) is 5.74. The predicted octanol–water partition coefficient (Wildman–Crippen LogP) is 3.40. The Morgan fingerprint density at radius 3 is 2.83 bits per heavy atom. The monoisotopic (exact) mass is 285 g/mol. The number of alkyl halides is 2. The summed E-state index contributed by atoms with van der Waals surface area (Å²) in [6.07, 6.45) is 1.97. The van der Waals surface area contributed by atoms with Crippen molar-refractivity contribution in [1.82, 2.24) is 5.32 Å². The maximum atomic E-state index is 12.3. The third-order valence-electron chi connectivity index (χ3n) is 2.82. The van der Waals surface area contributed by atoms with Crippen LogP contribution < -0.4 is 5.32 Å². The fourth-order valence-corrected chi connectivity index (χ4v) is 2.20. The Morgan fingerprint density at radius 2 is 2.17 bits per heavy atom. The van der Waals surface area contributed by atoms with Crippen LogP contribution in [0.5, 0.6) is 0 Å². The summed E-state index contributed by atoms with van der Waals surface area (Å²) >= 11 is 11.4. The van der Waals surface area contributed by atoms with Gasteiger partial charge in [0.2, 0.25) is 0 Å². The average Bonchev–Trinajstić information content (AvgIpc) is 2.81. The molecule has 2 aromatic rings. The molecule has 96 valence electrons. The summed E-state index contributed by atoms with van der Waals surface area (Å²) in [5, 5.41) is 3.90. The molecule has 0 spiro atoms. The van der Waals surface area contributed by atoms with Crippen molar-refractivity contribution in [3.05, 3.63) is 36.1 Å². The van der Waals surface area contributed by atoms with Crippen LogP contribution in [0.1, 0.15) is 16.8 Å². The number of benzene rings is 1. The first-order valence-electron chi connectivity index (χ1n) is 5.58. The zero-order valence-electron chi connectivity index (χ0n) is 9.82. The predicted molar refractivity (Wildman–Crippen MR) is 73.5 cm³/mol. The molecule has 0 aliphatic rings. The van der Waals surface area contributed by atoms with Gasteiger partial charge < -0.3 is 9.73 Å². The summed E-state index contributed by atoms with van der Waals surface area (Å²) in [6, 6.07) is 6.84. The standard InChI is InChI=1S/C13H13Cl2NO2/c1-16-10(7-12(14)15)13(17)9-3-2-8-4-5-18-11(8)6-9/h2-6,10,12,16H,7H2,1H3. The number of ketones is 1. The SMILES string of the molecule is CNC(CC(Cl)Cl)C(=O)c1ccc2ccoc2c1. The number of carbonyl (C=O) groups excluding carboxylic acids is 1. The van der Waals surface area contributed by atoms with E-state index < -0.39 is 10.9 Å². The van der Waals surface area contributed by atoms with Gasteiger partial charge in [0, 0.05) is 17.4 Å². The number of Topliss-reactive ketones (excluding diaryl/α,β-unsaturated/α-hetero) is 1. The number of furan rings is 1. The topological polar surface area (TPSA) is 42.2 Å². The van der Waals surface area contributed by atoms with Gasteiger partial charge in [-0.3, -0.25) is 4.79 Å². The van der Waals surface area contributed by atoms with Crippen LogP contribution in [0, 0.1) is 0 Å². The number of carbonyl (C=O) groups is 1. The van der Waals surface area contributed by atoms with Gasteiger partial charge in [0.25, 0.3) is 0 Å². The van der Waals surface area contributed by atoms with Crippen LogP contribution in [0.2, 0.25) is 0 Å². The molecule has 0 saturated carbocycles. The summed E-state index contributed by atoms with van der Waals surface area (Å²) in [7, 11) is 1.71. The molecular weight excluding hydrogens is 273 g/mol. The van der Waals surface area contributed by atoms with Gasteiger partial charge in [0.1, 0.15) is 10.4 Å². The van der Waals surface area contributed by atoms with Crippen molar-refractivity contribution in [2.45, 2.75) is 17.3 Å². The largest absolute Gasteiger partial charge is 0.464 e. The van der Waals surface area contributed by atoms with Gasteiger partial charge in [0.15, 0.2) is 5.78 Å². The van der Waals surface area contributed by atoms with Crippen molar-refractivity contribution in [3.63, 3.8) is 0 Å². The lowest BCUT2D eigenvalue weighted by Gasteiger charge is -2.15. The second-order valence-corrected chi connectivity index (χ2v) is 5.28. The molecular formula is C13H13Cl2NO2. The van der Waals surface area contributed by atoms with Crippen molar-refractivity contribution in [2.24, 2.45) is 0 Å². The van der Waals surface area contributed by atoms with E-state index in [-0.39, 0.29) is 5.78 Å². The van der Waals surface area contributed by atoms with Crippen LogP contribution in [0.15, 0.2) is 34.9 Å². The number of likely N-dealkylation sites (N-methyl/N-ethyl adjacent to an activating group) is 1. The second-order valence-electron chi connectivity index (χ2n) is 4.01. The molecule has 0 aliphatic heterocycles. The molecule has 1 atom stereocenters. The van der Waals surface area contributed by atoms with E-state index in [1.54, 1.807) is 25.4 Å². The minimum absolute atomic E-state index is 0.0397. The third kappa shape index (κ3) is 2.86. The van der Waals surface area contributed by atoms with E-state index in [0.29, 0.717) is 17.6 Å². The highest BCUT2D eigenvalue weighted by Gasteiger charge is 2.21. The average molecular weight is 286 g/mol. The van der Waals surface area contributed by atoms with E-state index in [1.807, 2.05) is 12.1 Å². The van der Waals surface area contributed by atoms with E-state index in [1.165, 1.54) is 0 Å². The van der Waals surface area contributed by atoms with Crippen LogP contribution in [0.4, 0.5) is 0 Å². The van der Waals surface area contributed by atoms with Crippen molar-refractivity contribution in [1.29, 1.82) is 0 Å². The summed E-state index contributed by atoms with van der Waals surface area (Å²) in [4.78, 5) is 11.7. The van der Waals surface area contributed by atoms with Gasteiger partial charge in [-0.2, -0.15) is 0 Å². The first-order valence-corrected chi connectivity index (χ1v) is 6.46. The number of nitrogens with one attached hydrogen (secondary N) is 1. The number of halogens is 2. The van der Waals surface area contributed by atoms with Crippen molar-refractivity contribution >= 4 is 40.0 Å². The maximum absolute atomic E-state index is 12.3.